The predicted molar refractivity (Wildman–Crippen MR) is 39.1 cm³/mol. The molecule has 1 unspecified atom stereocenters. The number of alkyl halides is 3. The number of rotatable bonds is 2. The van der Waals surface area contributed by atoms with E-state index < -0.39 is 24.9 Å². The Labute approximate surface area is 73.8 Å². The standard InChI is InChI=1S/C7H12F3NO2/c8-7(9,10)6(13)4-11-2-1-5(12)3-11/h5-6,12-13H,1-4H2/t5-,6?/m0/s1. The first-order valence-electron chi connectivity index (χ1n) is 4.05. The van der Waals surface area contributed by atoms with Crippen molar-refractivity contribution in [3.63, 3.8) is 0 Å². The molecule has 3 nitrogen and oxygen atoms in total. The van der Waals surface area contributed by atoms with Gasteiger partial charge in [-0.05, 0) is 6.42 Å². The molecule has 0 saturated carbocycles. The quantitative estimate of drug-likeness (QED) is 0.656. The largest absolute Gasteiger partial charge is 0.415 e. The second kappa shape index (κ2) is 3.81. The number of aliphatic hydroxyl groups is 2. The van der Waals surface area contributed by atoms with Gasteiger partial charge in [-0.2, -0.15) is 13.2 Å². The van der Waals surface area contributed by atoms with Crippen molar-refractivity contribution < 1.29 is 23.4 Å². The van der Waals surface area contributed by atoms with E-state index in [4.69, 9.17) is 10.2 Å². The van der Waals surface area contributed by atoms with E-state index in [2.05, 4.69) is 0 Å². The molecule has 0 aliphatic carbocycles. The number of aliphatic hydroxyl groups excluding tert-OH is 2. The summed E-state index contributed by atoms with van der Waals surface area (Å²) < 4.78 is 35.6. The van der Waals surface area contributed by atoms with Gasteiger partial charge in [0.25, 0.3) is 0 Å². The second-order valence-corrected chi connectivity index (χ2v) is 3.26. The van der Waals surface area contributed by atoms with Gasteiger partial charge in [0.2, 0.25) is 0 Å². The first kappa shape index (κ1) is 10.7. The molecule has 1 rings (SSSR count). The molecule has 0 amide bonds. The molecular formula is C7H12F3NO2. The molecule has 0 radical (unpaired) electrons. The Morgan fingerprint density at radius 2 is 2.08 bits per heavy atom. The summed E-state index contributed by atoms with van der Waals surface area (Å²) in [5.74, 6) is 0. The molecule has 1 aliphatic rings. The van der Waals surface area contributed by atoms with Crippen LogP contribution >= 0.6 is 0 Å². The van der Waals surface area contributed by atoms with Crippen molar-refractivity contribution in [2.75, 3.05) is 19.6 Å². The molecule has 1 saturated heterocycles. The maximum absolute atomic E-state index is 11.9. The minimum absolute atomic E-state index is 0.215. The van der Waals surface area contributed by atoms with Crippen molar-refractivity contribution in [1.82, 2.24) is 4.90 Å². The molecule has 2 N–H and O–H groups in total. The van der Waals surface area contributed by atoms with Gasteiger partial charge in [-0.3, -0.25) is 4.90 Å². The number of nitrogens with zero attached hydrogens (tertiary/aromatic N) is 1. The maximum Gasteiger partial charge on any atom is 0.415 e. The Bertz CT molecular complexity index is 174. The molecule has 0 aromatic carbocycles. The van der Waals surface area contributed by atoms with E-state index in [9.17, 15) is 13.2 Å². The van der Waals surface area contributed by atoms with Gasteiger partial charge in [-0.25, -0.2) is 0 Å². The van der Waals surface area contributed by atoms with Crippen LogP contribution in [0.3, 0.4) is 0 Å². The third-order valence-corrected chi connectivity index (χ3v) is 2.06. The average Bonchev–Trinajstić information content (AvgIpc) is 2.33. The molecule has 0 aromatic heterocycles. The molecular weight excluding hydrogens is 187 g/mol. The summed E-state index contributed by atoms with van der Waals surface area (Å²) in [4.78, 5) is 1.41. The van der Waals surface area contributed by atoms with Crippen LogP contribution in [0.5, 0.6) is 0 Å². The molecule has 0 spiro atoms. The number of likely N-dealkylation sites (tertiary alicyclic amines) is 1. The Morgan fingerprint density at radius 3 is 2.46 bits per heavy atom. The van der Waals surface area contributed by atoms with E-state index in [1.54, 1.807) is 0 Å². The van der Waals surface area contributed by atoms with Crippen molar-refractivity contribution in [3.8, 4) is 0 Å². The average molecular weight is 199 g/mol. The fourth-order valence-corrected chi connectivity index (χ4v) is 1.33. The van der Waals surface area contributed by atoms with Crippen molar-refractivity contribution in [2.24, 2.45) is 0 Å². The highest BCUT2D eigenvalue weighted by Crippen LogP contribution is 2.21. The summed E-state index contributed by atoms with van der Waals surface area (Å²) in [6.07, 6.45) is -6.95. The van der Waals surface area contributed by atoms with Gasteiger partial charge in [0.05, 0.1) is 6.10 Å². The second-order valence-electron chi connectivity index (χ2n) is 3.26. The molecule has 1 heterocycles. The van der Waals surface area contributed by atoms with Crippen LogP contribution in [0.2, 0.25) is 0 Å². The van der Waals surface area contributed by atoms with Crippen LogP contribution in [0.25, 0.3) is 0 Å². The van der Waals surface area contributed by atoms with Crippen molar-refractivity contribution in [3.05, 3.63) is 0 Å². The van der Waals surface area contributed by atoms with Gasteiger partial charge >= 0.3 is 6.18 Å². The van der Waals surface area contributed by atoms with Crippen LogP contribution in [-0.4, -0.2) is 53.1 Å². The van der Waals surface area contributed by atoms with E-state index in [1.807, 2.05) is 0 Å². The van der Waals surface area contributed by atoms with Gasteiger partial charge < -0.3 is 10.2 Å². The number of halogens is 3. The highest BCUT2D eigenvalue weighted by atomic mass is 19.4. The molecule has 78 valence electrons. The Kier molecular flexibility index (Phi) is 3.15. The van der Waals surface area contributed by atoms with Gasteiger partial charge in [0.15, 0.2) is 6.10 Å². The zero-order valence-electron chi connectivity index (χ0n) is 6.96. The topological polar surface area (TPSA) is 43.7 Å². The predicted octanol–water partition coefficient (Wildman–Crippen LogP) is -0.0238. The van der Waals surface area contributed by atoms with E-state index in [1.165, 1.54) is 4.90 Å². The van der Waals surface area contributed by atoms with E-state index in [0.29, 0.717) is 13.0 Å². The summed E-state index contributed by atoms with van der Waals surface area (Å²) in [6, 6.07) is 0. The Balaban J connectivity index is 2.33. The van der Waals surface area contributed by atoms with Crippen molar-refractivity contribution in [2.45, 2.75) is 24.8 Å². The van der Waals surface area contributed by atoms with Crippen LogP contribution in [0.4, 0.5) is 13.2 Å². The van der Waals surface area contributed by atoms with E-state index >= 15 is 0 Å². The summed E-state index contributed by atoms with van der Waals surface area (Å²) in [6.45, 7) is 0.183. The van der Waals surface area contributed by atoms with Crippen LogP contribution < -0.4 is 0 Å². The van der Waals surface area contributed by atoms with E-state index in [0.717, 1.165) is 0 Å². The zero-order valence-corrected chi connectivity index (χ0v) is 6.96. The number of β-amino-alcohol motifs (C(OH)–C–C–N with tert-alkyl or cyclic N) is 2. The lowest BCUT2D eigenvalue weighted by Gasteiger charge is -2.21. The first-order valence-corrected chi connectivity index (χ1v) is 4.05. The maximum atomic E-state index is 11.9. The fourth-order valence-electron chi connectivity index (χ4n) is 1.33. The SMILES string of the molecule is OC(CN1CC[C@H](O)C1)C(F)(F)F. The summed E-state index contributed by atoms with van der Waals surface area (Å²) >= 11 is 0. The summed E-state index contributed by atoms with van der Waals surface area (Å²) in [5.41, 5.74) is 0. The third kappa shape index (κ3) is 3.13. The monoisotopic (exact) mass is 199 g/mol. The van der Waals surface area contributed by atoms with Crippen LogP contribution in [-0.2, 0) is 0 Å². The summed E-state index contributed by atoms with van der Waals surface area (Å²) in [7, 11) is 0. The third-order valence-electron chi connectivity index (χ3n) is 2.06. The van der Waals surface area contributed by atoms with Crippen molar-refractivity contribution >= 4 is 0 Å². The molecule has 13 heavy (non-hydrogen) atoms. The zero-order chi connectivity index (χ0) is 10.1. The summed E-state index contributed by atoms with van der Waals surface area (Å²) in [5, 5.41) is 17.7. The van der Waals surface area contributed by atoms with Crippen LogP contribution in [0.15, 0.2) is 0 Å². The van der Waals surface area contributed by atoms with Gasteiger partial charge in [-0.1, -0.05) is 0 Å². The Hall–Kier alpha value is -0.330. The van der Waals surface area contributed by atoms with Crippen LogP contribution in [0.1, 0.15) is 6.42 Å². The lowest BCUT2D eigenvalue weighted by molar-refractivity contribution is -0.207. The molecule has 0 bridgehead atoms. The minimum atomic E-state index is -4.56. The van der Waals surface area contributed by atoms with Gasteiger partial charge in [0, 0.05) is 19.6 Å². The molecule has 0 aromatic rings. The normalized spacial score (nSPS) is 27.9. The molecule has 6 heteroatoms. The van der Waals surface area contributed by atoms with Crippen molar-refractivity contribution in [1.29, 1.82) is 0 Å². The molecule has 1 aliphatic heterocycles. The highest BCUT2D eigenvalue weighted by molar-refractivity contribution is 4.78. The minimum Gasteiger partial charge on any atom is -0.392 e. The number of hydrogen-bond donors (Lipinski definition) is 2. The number of hydrogen-bond acceptors (Lipinski definition) is 3. The molecule has 1 fully saturated rings. The first-order chi connectivity index (χ1) is 5.89. The van der Waals surface area contributed by atoms with Gasteiger partial charge in [-0.15, -0.1) is 0 Å². The smallest absolute Gasteiger partial charge is 0.392 e. The Morgan fingerprint density at radius 1 is 1.46 bits per heavy atom. The van der Waals surface area contributed by atoms with E-state index in [-0.39, 0.29) is 6.54 Å². The fraction of sp³-hybridized carbons (Fsp3) is 1.00. The van der Waals surface area contributed by atoms with Gasteiger partial charge in [0.1, 0.15) is 0 Å². The molecule has 2 atom stereocenters. The lowest BCUT2D eigenvalue weighted by Crippen LogP contribution is -2.40. The highest BCUT2D eigenvalue weighted by Gasteiger charge is 2.39. The van der Waals surface area contributed by atoms with Crippen LogP contribution in [0, 0.1) is 0 Å². The lowest BCUT2D eigenvalue weighted by atomic mass is 10.3.